The molecular formula is C20H17NO6. The van der Waals surface area contributed by atoms with E-state index < -0.39 is 0 Å². The lowest BCUT2D eigenvalue weighted by atomic mass is 9.80. The first-order valence-corrected chi connectivity index (χ1v) is 8.52. The SMILES string of the molecule is COc1ccc(OC)c([C@@H]2C3=C(COC3=O)Nc3cc4c(cc32)OCO4)c1. The van der Waals surface area contributed by atoms with Crippen molar-refractivity contribution in [2.24, 2.45) is 0 Å². The number of benzene rings is 2. The predicted octanol–water partition coefficient (Wildman–Crippen LogP) is 2.80. The van der Waals surface area contributed by atoms with E-state index in [9.17, 15) is 4.79 Å². The first kappa shape index (κ1) is 15.9. The summed E-state index contributed by atoms with van der Waals surface area (Å²) in [7, 11) is 3.21. The molecule has 0 saturated carbocycles. The summed E-state index contributed by atoms with van der Waals surface area (Å²) in [4.78, 5) is 12.5. The lowest BCUT2D eigenvalue weighted by Gasteiger charge is -2.28. The summed E-state index contributed by atoms with van der Waals surface area (Å²) in [6.07, 6.45) is 0. The summed E-state index contributed by atoms with van der Waals surface area (Å²) in [5, 5.41) is 3.31. The average Bonchev–Trinajstić information content (AvgIpc) is 3.30. The minimum Gasteiger partial charge on any atom is -0.497 e. The van der Waals surface area contributed by atoms with Gasteiger partial charge in [0.15, 0.2) is 11.5 Å². The second-order valence-corrected chi connectivity index (χ2v) is 6.43. The van der Waals surface area contributed by atoms with E-state index in [4.69, 9.17) is 23.7 Å². The van der Waals surface area contributed by atoms with Gasteiger partial charge in [-0.05, 0) is 29.8 Å². The Hall–Kier alpha value is -3.35. The first-order valence-electron chi connectivity index (χ1n) is 8.52. The van der Waals surface area contributed by atoms with Crippen LogP contribution in [0.2, 0.25) is 0 Å². The topological polar surface area (TPSA) is 75.3 Å². The van der Waals surface area contributed by atoms with Crippen molar-refractivity contribution < 1.29 is 28.5 Å². The Kier molecular flexibility index (Phi) is 3.43. The quantitative estimate of drug-likeness (QED) is 0.836. The van der Waals surface area contributed by atoms with Crippen molar-refractivity contribution in [3.05, 3.63) is 52.7 Å². The van der Waals surface area contributed by atoms with Crippen LogP contribution in [0.15, 0.2) is 41.6 Å². The van der Waals surface area contributed by atoms with Crippen LogP contribution in [0, 0.1) is 0 Å². The number of carbonyl (C=O) groups is 1. The lowest BCUT2D eigenvalue weighted by molar-refractivity contribution is -0.136. The summed E-state index contributed by atoms with van der Waals surface area (Å²) >= 11 is 0. The monoisotopic (exact) mass is 367 g/mol. The Balaban J connectivity index is 1.76. The molecule has 0 radical (unpaired) electrons. The highest BCUT2D eigenvalue weighted by Gasteiger charge is 2.40. The van der Waals surface area contributed by atoms with Crippen LogP contribution in [0.25, 0.3) is 0 Å². The number of ether oxygens (including phenoxy) is 5. The zero-order valence-electron chi connectivity index (χ0n) is 14.8. The number of anilines is 1. The third-order valence-electron chi connectivity index (χ3n) is 5.07. The van der Waals surface area contributed by atoms with Gasteiger partial charge in [-0.15, -0.1) is 0 Å². The largest absolute Gasteiger partial charge is 0.497 e. The van der Waals surface area contributed by atoms with E-state index in [2.05, 4.69) is 5.32 Å². The molecular weight excluding hydrogens is 350 g/mol. The van der Waals surface area contributed by atoms with Crippen LogP contribution in [0.3, 0.4) is 0 Å². The molecule has 1 N–H and O–H groups in total. The van der Waals surface area contributed by atoms with Crippen LogP contribution in [0.5, 0.6) is 23.0 Å². The Labute approximate surface area is 155 Å². The van der Waals surface area contributed by atoms with Gasteiger partial charge in [-0.2, -0.15) is 0 Å². The Morgan fingerprint density at radius 2 is 1.81 bits per heavy atom. The molecule has 0 aliphatic carbocycles. The van der Waals surface area contributed by atoms with Crippen molar-refractivity contribution >= 4 is 11.7 Å². The predicted molar refractivity (Wildman–Crippen MR) is 95.6 cm³/mol. The number of nitrogens with one attached hydrogen (secondary N) is 1. The lowest BCUT2D eigenvalue weighted by Crippen LogP contribution is -2.20. The van der Waals surface area contributed by atoms with E-state index >= 15 is 0 Å². The first-order chi connectivity index (χ1) is 13.2. The molecule has 2 aromatic rings. The molecule has 0 aromatic heterocycles. The molecule has 2 aromatic carbocycles. The van der Waals surface area contributed by atoms with Gasteiger partial charge < -0.3 is 29.0 Å². The molecule has 0 amide bonds. The van der Waals surface area contributed by atoms with Crippen LogP contribution >= 0.6 is 0 Å². The highest BCUT2D eigenvalue weighted by Crippen LogP contribution is 2.50. The minimum atomic E-state index is -0.370. The number of cyclic esters (lactones) is 1. The van der Waals surface area contributed by atoms with Gasteiger partial charge in [0, 0.05) is 23.2 Å². The van der Waals surface area contributed by atoms with Gasteiger partial charge in [0.25, 0.3) is 0 Å². The molecule has 5 rings (SSSR count). The number of hydrogen-bond acceptors (Lipinski definition) is 7. The second kappa shape index (κ2) is 5.84. The van der Waals surface area contributed by atoms with Crippen molar-refractivity contribution in [3.63, 3.8) is 0 Å². The van der Waals surface area contributed by atoms with Gasteiger partial charge in [-0.3, -0.25) is 0 Å². The van der Waals surface area contributed by atoms with Crippen molar-refractivity contribution in [1.82, 2.24) is 0 Å². The van der Waals surface area contributed by atoms with E-state index in [1.165, 1.54) is 0 Å². The van der Waals surface area contributed by atoms with Crippen molar-refractivity contribution in [2.75, 3.05) is 32.9 Å². The van der Waals surface area contributed by atoms with Crippen molar-refractivity contribution in [3.8, 4) is 23.0 Å². The Bertz CT molecular complexity index is 996. The van der Waals surface area contributed by atoms with E-state index in [1.54, 1.807) is 14.2 Å². The standard InChI is InChI=1S/C20H17NO6/c1-23-10-3-4-15(24-2)12(5-10)18-11-6-16-17(27-9-26-16)7-13(11)21-14-8-25-20(22)19(14)18/h3-7,18,21H,8-9H2,1-2H3/t18-/m1/s1. The Morgan fingerprint density at radius 1 is 1.00 bits per heavy atom. The third kappa shape index (κ3) is 2.31. The number of rotatable bonds is 3. The van der Waals surface area contributed by atoms with Gasteiger partial charge in [-0.1, -0.05) is 0 Å². The molecule has 7 nitrogen and oxygen atoms in total. The van der Waals surface area contributed by atoms with Crippen LogP contribution in [-0.2, 0) is 9.53 Å². The number of carbonyl (C=O) groups excluding carboxylic acids is 1. The zero-order chi connectivity index (χ0) is 18.5. The molecule has 27 heavy (non-hydrogen) atoms. The molecule has 7 heteroatoms. The van der Waals surface area contributed by atoms with E-state index in [-0.39, 0.29) is 25.3 Å². The normalized spacial score (nSPS) is 19.2. The fourth-order valence-electron chi connectivity index (χ4n) is 3.82. The fraction of sp³-hybridized carbons (Fsp3) is 0.250. The van der Waals surface area contributed by atoms with E-state index in [0.29, 0.717) is 28.6 Å². The molecule has 138 valence electrons. The molecule has 1 atom stereocenters. The number of fused-ring (bicyclic) bond motifs is 2. The zero-order valence-corrected chi connectivity index (χ0v) is 14.8. The maximum absolute atomic E-state index is 12.5. The van der Waals surface area contributed by atoms with Gasteiger partial charge >= 0.3 is 5.97 Å². The second-order valence-electron chi connectivity index (χ2n) is 6.43. The number of methoxy groups -OCH3 is 2. The summed E-state index contributed by atoms with van der Waals surface area (Å²) in [6.45, 7) is 0.394. The molecule has 0 unspecified atom stereocenters. The average molecular weight is 367 g/mol. The smallest absolute Gasteiger partial charge is 0.337 e. The van der Waals surface area contributed by atoms with Gasteiger partial charge in [0.1, 0.15) is 18.1 Å². The van der Waals surface area contributed by atoms with E-state index in [1.807, 2.05) is 30.3 Å². The van der Waals surface area contributed by atoms with Crippen molar-refractivity contribution in [1.29, 1.82) is 0 Å². The number of hydrogen-bond donors (Lipinski definition) is 1. The highest BCUT2D eigenvalue weighted by molar-refractivity contribution is 5.97. The molecule has 3 aliphatic heterocycles. The molecule has 0 bridgehead atoms. The molecule has 3 heterocycles. The van der Waals surface area contributed by atoms with Gasteiger partial charge in [0.2, 0.25) is 6.79 Å². The van der Waals surface area contributed by atoms with Gasteiger partial charge in [-0.25, -0.2) is 4.79 Å². The van der Waals surface area contributed by atoms with Crippen LogP contribution < -0.4 is 24.3 Å². The van der Waals surface area contributed by atoms with E-state index in [0.717, 1.165) is 22.5 Å². The van der Waals surface area contributed by atoms with Crippen LogP contribution in [0.1, 0.15) is 17.0 Å². The molecule has 0 spiro atoms. The summed E-state index contributed by atoms with van der Waals surface area (Å²) in [5.74, 6) is 1.96. The van der Waals surface area contributed by atoms with Crippen molar-refractivity contribution in [2.45, 2.75) is 5.92 Å². The molecule has 0 fully saturated rings. The summed E-state index contributed by atoms with van der Waals surface area (Å²) in [5.41, 5.74) is 3.90. The van der Waals surface area contributed by atoms with Gasteiger partial charge in [0.05, 0.1) is 25.5 Å². The fourth-order valence-corrected chi connectivity index (χ4v) is 3.82. The maximum Gasteiger partial charge on any atom is 0.337 e. The highest BCUT2D eigenvalue weighted by atomic mass is 16.7. The summed E-state index contributed by atoms with van der Waals surface area (Å²) in [6, 6.07) is 9.35. The van der Waals surface area contributed by atoms with Crippen LogP contribution in [-0.4, -0.2) is 33.6 Å². The minimum absolute atomic E-state index is 0.181. The van der Waals surface area contributed by atoms with Crippen LogP contribution in [0.4, 0.5) is 5.69 Å². The Morgan fingerprint density at radius 3 is 2.59 bits per heavy atom. The molecule has 0 saturated heterocycles. The maximum atomic E-state index is 12.5. The third-order valence-corrected chi connectivity index (χ3v) is 5.07. The molecule has 3 aliphatic rings. The number of esters is 1. The summed E-state index contributed by atoms with van der Waals surface area (Å²) < 4.78 is 27.3.